The van der Waals surface area contributed by atoms with E-state index in [0.29, 0.717) is 6.17 Å². The summed E-state index contributed by atoms with van der Waals surface area (Å²) in [7, 11) is 7.90. The lowest BCUT2D eigenvalue weighted by Gasteiger charge is -2.34. The highest BCUT2D eigenvalue weighted by atomic mass is 16.6. The van der Waals surface area contributed by atoms with Gasteiger partial charge in [-0.1, -0.05) is 110 Å². The van der Waals surface area contributed by atoms with Crippen LogP contribution in [-0.4, -0.2) is 51.6 Å². The van der Waals surface area contributed by atoms with Crippen LogP contribution in [0.1, 0.15) is 123 Å². The molecule has 0 aliphatic carbocycles. The first-order valence-electron chi connectivity index (χ1n) is 13.1. The maximum Gasteiger partial charge on any atom is 0.251 e. The van der Waals surface area contributed by atoms with Gasteiger partial charge in [-0.2, -0.15) is 0 Å². The predicted octanol–water partition coefficient (Wildman–Crippen LogP) is 6.26. The lowest BCUT2D eigenvalue weighted by atomic mass is 10.0. The first-order chi connectivity index (χ1) is 14.8. The number of carboxylic acid groups (broad SMARTS) is 1. The van der Waals surface area contributed by atoms with E-state index in [0.717, 1.165) is 11.6 Å². The van der Waals surface area contributed by atoms with Crippen LogP contribution in [0.2, 0.25) is 0 Å². The second kappa shape index (κ2) is 23.8. The Bertz CT molecular complexity index is 370. The van der Waals surface area contributed by atoms with Crippen LogP contribution in [0, 0.1) is 0 Å². The molecule has 31 heavy (non-hydrogen) atoms. The Kier molecular flexibility index (Phi) is 24.9. The minimum Gasteiger partial charge on any atom is -0.553 e. The number of carbonyl (C=O) groups excluding carboxylic acids is 1. The standard InChI is InChI=1S/C24H53N2.C2H4O3/c1-6-8-9-10-11-12-13-14-15-16-17-18-19-20-21-22-23-25-24(7-2)26(3,4)5;1-5-2(3)4/h24-25H,6-23H2,1-5H3;1H3,(H,3,4)/q+1;/p-1. The largest absolute Gasteiger partial charge is 0.553 e. The molecule has 0 fully saturated rings. The van der Waals surface area contributed by atoms with Gasteiger partial charge in [-0.05, 0) is 6.42 Å². The minimum absolute atomic E-state index is 0.603. The van der Waals surface area contributed by atoms with Crippen LogP contribution in [0.25, 0.3) is 0 Å². The van der Waals surface area contributed by atoms with E-state index in [1.54, 1.807) is 0 Å². The van der Waals surface area contributed by atoms with Gasteiger partial charge in [0.2, 0.25) is 0 Å². The Labute approximate surface area is 194 Å². The van der Waals surface area contributed by atoms with Crippen molar-refractivity contribution in [3.05, 3.63) is 0 Å². The van der Waals surface area contributed by atoms with E-state index < -0.39 is 6.16 Å². The van der Waals surface area contributed by atoms with Crippen molar-refractivity contribution >= 4 is 6.16 Å². The van der Waals surface area contributed by atoms with Crippen molar-refractivity contribution in [1.29, 1.82) is 0 Å². The Balaban J connectivity index is 0. The van der Waals surface area contributed by atoms with E-state index in [9.17, 15) is 0 Å². The van der Waals surface area contributed by atoms with Gasteiger partial charge in [0.15, 0.2) is 0 Å². The topological polar surface area (TPSA) is 61.4 Å². The van der Waals surface area contributed by atoms with Crippen molar-refractivity contribution < 1.29 is 19.1 Å². The zero-order chi connectivity index (χ0) is 23.8. The van der Waals surface area contributed by atoms with Gasteiger partial charge in [-0.15, -0.1) is 0 Å². The summed E-state index contributed by atoms with van der Waals surface area (Å²) in [5, 5.41) is 12.8. The number of hydrogen-bond acceptors (Lipinski definition) is 4. The highest BCUT2D eigenvalue weighted by Gasteiger charge is 2.19. The third-order valence-electron chi connectivity index (χ3n) is 5.90. The summed E-state index contributed by atoms with van der Waals surface area (Å²) in [5.74, 6) is 0. The number of nitrogens with zero attached hydrogens (tertiary/aromatic N) is 1. The lowest BCUT2D eigenvalue weighted by Crippen LogP contribution is -2.53. The Morgan fingerprint density at radius 2 is 1.06 bits per heavy atom. The van der Waals surface area contributed by atoms with Crippen LogP contribution in [-0.2, 0) is 4.74 Å². The maximum atomic E-state index is 9.03. The first kappa shape index (κ1) is 32.4. The fourth-order valence-electron chi connectivity index (χ4n) is 3.91. The van der Waals surface area contributed by atoms with Crippen LogP contribution in [0.4, 0.5) is 4.79 Å². The van der Waals surface area contributed by atoms with Crippen molar-refractivity contribution in [3.63, 3.8) is 0 Å². The molecule has 0 bridgehead atoms. The summed E-state index contributed by atoms with van der Waals surface area (Å²) in [6.07, 6.45) is 23.5. The molecule has 1 N–H and O–H groups in total. The van der Waals surface area contributed by atoms with Gasteiger partial charge in [-0.25, -0.2) is 0 Å². The van der Waals surface area contributed by atoms with Gasteiger partial charge in [0.05, 0.1) is 21.1 Å². The molecule has 0 spiro atoms. The van der Waals surface area contributed by atoms with Crippen molar-refractivity contribution in [2.24, 2.45) is 0 Å². The van der Waals surface area contributed by atoms with Gasteiger partial charge in [0.25, 0.3) is 6.16 Å². The molecule has 5 heteroatoms. The molecule has 0 aromatic rings. The molecule has 0 aromatic heterocycles. The molecule has 5 nitrogen and oxygen atoms in total. The number of quaternary nitrogens is 1. The van der Waals surface area contributed by atoms with Gasteiger partial charge < -0.3 is 19.1 Å². The molecule has 0 amide bonds. The molecule has 188 valence electrons. The van der Waals surface area contributed by atoms with Crippen LogP contribution in [0.15, 0.2) is 0 Å². The normalized spacial score (nSPS) is 12.2. The predicted molar refractivity (Wildman–Crippen MR) is 132 cm³/mol. The molecule has 0 radical (unpaired) electrons. The summed E-state index contributed by atoms with van der Waals surface area (Å²) in [5.41, 5.74) is 0. The monoisotopic (exact) mass is 444 g/mol. The number of rotatable bonds is 20. The average molecular weight is 445 g/mol. The van der Waals surface area contributed by atoms with Crippen LogP contribution >= 0.6 is 0 Å². The highest BCUT2D eigenvalue weighted by molar-refractivity contribution is 5.53. The highest BCUT2D eigenvalue weighted by Crippen LogP contribution is 2.13. The molecule has 1 atom stereocenters. The van der Waals surface area contributed by atoms with Gasteiger partial charge >= 0.3 is 0 Å². The molecule has 0 heterocycles. The maximum absolute atomic E-state index is 9.03. The fourth-order valence-corrected chi connectivity index (χ4v) is 3.91. The smallest absolute Gasteiger partial charge is 0.251 e. The molecule has 1 unspecified atom stereocenters. The molecular formula is C26H56N2O3. The zero-order valence-electron chi connectivity index (χ0n) is 22.0. The van der Waals surface area contributed by atoms with E-state index in [-0.39, 0.29) is 0 Å². The first-order valence-corrected chi connectivity index (χ1v) is 13.1. The zero-order valence-corrected chi connectivity index (χ0v) is 22.0. The lowest BCUT2D eigenvalue weighted by molar-refractivity contribution is -0.899. The summed E-state index contributed by atoms with van der Waals surface area (Å²) in [6, 6.07) is 0. The Hall–Kier alpha value is -0.810. The van der Waals surface area contributed by atoms with Crippen molar-refractivity contribution in [2.75, 3.05) is 34.8 Å². The molecule has 0 rings (SSSR count). The number of carbonyl (C=O) groups is 1. The average Bonchev–Trinajstić information content (AvgIpc) is 2.72. The molecule has 0 aliphatic rings. The number of hydrogen-bond donors (Lipinski definition) is 1. The van der Waals surface area contributed by atoms with Crippen LogP contribution < -0.4 is 10.4 Å². The van der Waals surface area contributed by atoms with E-state index >= 15 is 0 Å². The van der Waals surface area contributed by atoms with Crippen molar-refractivity contribution in [2.45, 2.75) is 129 Å². The summed E-state index contributed by atoms with van der Waals surface area (Å²) < 4.78 is 4.58. The molecule has 0 aliphatic heterocycles. The number of unbranched alkanes of at least 4 members (excludes halogenated alkanes) is 15. The Morgan fingerprint density at radius 3 is 1.32 bits per heavy atom. The molecule has 0 saturated carbocycles. The molecular weight excluding hydrogens is 388 g/mol. The van der Waals surface area contributed by atoms with Crippen molar-refractivity contribution in [1.82, 2.24) is 5.32 Å². The van der Waals surface area contributed by atoms with Crippen LogP contribution in [0.3, 0.4) is 0 Å². The number of methoxy groups -OCH3 is 1. The van der Waals surface area contributed by atoms with Crippen molar-refractivity contribution in [3.8, 4) is 0 Å². The summed E-state index contributed by atoms with van der Waals surface area (Å²) in [4.78, 5) is 9.03. The number of ether oxygens (including phenoxy) is 1. The second-order valence-corrected chi connectivity index (χ2v) is 9.75. The molecule has 0 saturated heterocycles. The number of nitrogens with one attached hydrogen (secondary N) is 1. The third-order valence-corrected chi connectivity index (χ3v) is 5.90. The Morgan fingerprint density at radius 1 is 0.742 bits per heavy atom. The minimum atomic E-state index is -1.50. The van der Waals surface area contributed by atoms with E-state index in [4.69, 9.17) is 9.90 Å². The molecule has 0 aromatic carbocycles. The van der Waals surface area contributed by atoms with E-state index in [1.165, 1.54) is 116 Å². The van der Waals surface area contributed by atoms with Gasteiger partial charge in [0, 0.05) is 20.1 Å². The summed E-state index contributed by atoms with van der Waals surface area (Å²) >= 11 is 0. The van der Waals surface area contributed by atoms with Gasteiger partial charge in [-0.3, -0.25) is 5.32 Å². The summed E-state index contributed by atoms with van der Waals surface area (Å²) in [6.45, 7) is 5.77. The van der Waals surface area contributed by atoms with Gasteiger partial charge in [0.1, 0.15) is 6.17 Å². The second-order valence-electron chi connectivity index (χ2n) is 9.75. The fraction of sp³-hybridized carbons (Fsp3) is 0.962. The SMILES string of the molecule is CCCCCCCCCCCCCCCCCCNC(CC)[N+](C)(C)C.COC(=O)[O-]. The van der Waals surface area contributed by atoms with E-state index in [2.05, 4.69) is 45.0 Å². The van der Waals surface area contributed by atoms with E-state index in [1.807, 2.05) is 0 Å². The van der Waals surface area contributed by atoms with Crippen LogP contribution in [0.5, 0.6) is 0 Å². The third kappa shape index (κ3) is 27.2. The quantitative estimate of drug-likeness (QED) is 0.104.